The van der Waals surface area contributed by atoms with E-state index in [9.17, 15) is 4.79 Å². The van der Waals surface area contributed by atoms with Gasteiger partial charge in [-0.1, -0.05) is 30.3 Å². The van der Waals surface area contributed by atoms with Crippen molar-refractivity contribution >= 4 is 5.91 Å². The Morgan fingerprint density at radius 2 is 1.73 bits per heavy atom. The maximum Gasteiger partial charge on any atom is 0.304 e. The van der Waals surface area contributed by atoms with Crippen LogP contribution in [0.1, 0.15) is 16.2 Å². The highest BCUT2D eigenvalue weighted by atomic mass is 16.5. The van der Waals surface area contributed by atoms with E-state index in [1.54, 1.807) is 18.3 Å². The zero-order chi connectivity index (χ0) is 20.9. The number of amides is 1. The van der Waals surface area contributed by atoms with Crippen LogP contribution < -0.4 is 15.2 Å². The van der Waals surface area contributed by atoms with E-state index < -0.39 is 5.91 Å². The summed E-state index contributed by atoms with van der Waals surface area (Å²) in [6, 6.07) is 20.8. The van der Waals surface area contributed by atoms with Gasteiger partial charge in [0, 0.05) is 23.4 Å². The molecule has 2 aromatic heterocycles. The third-order valence-electron chi connectivity index (χ3n) is 4.42. The first kappa shape index (κ1) is 19.2. The van der Waals surface area contributed by atoms with Crippen molar-refractivity contribution in [3.63, 3.8) is 0 Å². The average molecular weight is 401 g/mol. The Kier molecular flexibility index (Phi) is 5.43. The summed E-state index contributed by atoms with van der Waals surface area (Å²) in [5, 5.41) is 0. The van der Waals surface area contributed by atoms with E-state index in [4.69, 9.17) is 19.6 Å². The molecular formula is C23H19N3O4. The van der Waals surface area contributed by atoms with Crippen LogP contribution in [0.3, 0.4) is 0 Å². The number of nitrogens with two attached hydrogens (primary N) is 1. The standard InChI is InChI=1S/C23H19N3O4/c1-28-19-12-9-17(13-25-19)20-21(30-23(26-20)22(24)27)16-7-10-18(11-8-16)29-14-15-5-3-2-4-6-15/h2-13H,14H2,1H3,(H2,24,27). The largest absolute Gasteiger partial charge is 0.489 e. The van der Waals surface area contributed by atoms with Crippen molar-refractivity contribution in [1.29, 1.82) is 0 Å². The van der Waals surface area contributed by atoms with Crippen LogP contribution in [0.25, 0.3) is 22.6 Å². The quantitative estimate of drug-likeness (QED) is 0.501. The zero-order valence-corrected chi connectivity index (χ0v) is 16.2. The Hall–Kier alpha value is -4.13. The fourth-order valence-electron chi connectivity index (χ4n) is 2.90. The van der Waals surface area contributed by atoms with Gasteiger partial charge < -0.3 is 19.6 Å². The monoisotopic (exact) mass is 401 g/mol. The highest BCUT2D eigenvalue weighted by molar-refractivity contribution is 5.90. The molecule has 30 heavy (non-hydrogen) atoms. The van der Waals surface area contributed by atoms with Crippen LogP contribution >= 0.6 is 0 Å². The number of rotatable bonds is 7. The van der Waals surface area contributed by atoms with Crippen LogP contribution in [0.5, 0.6) is 11.6 Å². The summed E-state index contributed by atoms with van der Waals surface area (Å²) in [7, 11) is 1.54. The van der Waals surface area contributed by atoms with Gasteiger partial charge in [-0.25, -0.2) is 9.97 Å². The molecule has 0 saturated carbocycles. The van der Waals surface area contributed by atoms with Crippen molar-refractivity contribution in [2.75, 3.05) is 7.11 Å². The number of nitrogens with zero attached hydrogens (tertiary/aromatic N) is 2. The Morgan fingerprint density at radius 3 is 2.37 bits per heavy atom. The number of carbonyl (C=O) groups is 1. The molecule has 7 heteroatoms. The van der Waals surface area contributed by atoms with Crippen molar-refractivity contribution in [1.82, 2.24) is 9.97 Å². The second-order valence-electron chi connectivity index (χ2n) is 6.45. The highest BCUT2D eigenvalue weighted by Crippen LogP contribution is 2.33. The molecule has 4 aromatic rings. The first-order valence-electron chi connectivity index (χ1n) is 9.22. The van der Waals surface area contributed by atoms with E-state index in [0.29, 0.717) is 35.3 Å². The second-order valence-corrected chi connectivity index (χ2v) is 6.45. The molecule has 150 valence electrons. The third-order valence-corrected chi connectivity index (χ3v) is 4.42. The van der Waals surface area contributed by atoms with Crippen LogP contribution in [-0.2, 0) is 6.61 Å². The molecule has 0 atom stereocenters. The molecular weight excluding hydrogens is 382 g/mol. The minimum Gasteiger partial charge on any atom is -0.489 e. The number of hydrogen-bond acceptors (Lipinski definition) is 6. The number of primary amides is 1. The number of aromatic nitrogens is 2. The summed E-state index contributed by atoms with van der Waals surface area (Å²) in [5.74, 6) is 0.695. The van der Waals surface area contributed by atoms with Crippen molar-refractivity contribution < 1.29 is 18.7 Å². The maximum absolute atomic E-state index is 11.6. The Balaban J connectivity index is 1.61. The van der Waals surface area contributed by atoms with Crippen LogP contribution in [-0.4, -0.2) is 23.0 Å². The molecule has 0 saturated heterocycles. The van der Waals surface area contributed by atoms with Gasteiger partial charge in [-0.2, -0.15) is 0 Å². The molecule has 7 nitrogen and oxygen atoms in total. The van der Waals surface area contributed by atoms with Gasteiger partial charge in [-0.15, -0.1) is 0 Å². The van der Waals surface area contributed by atoms with Crippen molar-refractivity contribution in [2.45, 2.75) is 6.61 Å². The van der Waals surface area contributed by atoms with Gasteiger partial charge in [-0.05, 0) is 35.9 Å². The molecule has 0 aliphatic heterocycles. The summed E-state index contributed by atoms with van der Waals surface area (Å²) < 4.78 is 16.6. The number of carbonyl (C=O) groups excluding carboxylic acids is 1. The minimum absolute atomic E-state index is 0.166. The SMILES string of the molecule is COc1ccc(-c2nc(C(N)=O)oc2-c2ccc(OCc3ccccc3)cc2)cn1. The Labute approximate surface area is 173 Å². The van der Waals surface area contributed by atoms with Crippen molar-refractivity contribution in [3.05, 3.63) is 84.4 Å². The number of methoxy groups -OCH3 is 1. The normalized spacial score (nSPS) is 10.6. The van der Waals surface area contributed by atoms with E-state index in [0.717, 1.165) is 11.1 Å². The first-order chi connectivity index (χ1) is 14.6. The first-order valence-corrected chi connectivity index (χ1v) is 9.22. The van der Waals surface area contributed by atoms with Gasteiger partial charge in [0.2, 0.25) is 5.88 Å². The van der Waals surface area contributed by atoms with Crippen LogP contribution in [0, 0.1) is 0 Å². The molecule has 0 bridgehead atoms. The molecule has 1 amide bonds. The Morgan fingerprint density at radius 1 is 1.00 bits per heavy atom. The lowest BCUT2D eigenvalue weighted by atomic mass is 10.1. The van der Waals surface area contributed by atoms with Gasteiger partial charge in [0.25, 0.3) is 5.89 Å². The number of benzene rings is 2. The lowest BCUT2D eigenvalue weighted by molar-refractivity contribution is 0.0968. The third kappa shape index (κ3) is 4.15. The summed E-state index contributed by atoms with van der Waals surface area (Å²) in [4.78, 5) is 20.1. The van der Waals surface area contributed by atoms with Crippen LogP contribution in [0.4, 0.5) is 0 Å². The summed E-state index contributed by atoms with van der Waals surface area (Å²) in [6.07, 6.45) is 1.60. The smallest absolute Gasteiger partial charge is 0.304 e. The highest BCUT2D eigenvalue weighted by Gasteiger charge is 2.20. The van der Waals surface area contributed by atoms with Gasteiger partial charge in [0.05, 0.1) is 7.11 Å². The number of oxazole rings is 1. The lowest BCUT2D eigenvalue weighted by Crippen LogP contribution is -2.10. The molecule has 0 radical (unpaired) electrons. The Bertz CT molecular complexity index is 1140. The van der Waals surface area contributed by atoms with Crippen LogP contribution in [0.2, 0.25) is 0 Å². The predicted molar refractivity (Wildman–Crippen MR) is 111 cm³/mol. The van der Waals surface area contributed by atoms with Crippen LogP contribution in [0.15, 0.2) is 77.3 Å². The van der Waals surface area contributed by atoms with E-state index in [2.05, 4.69) is 9.97 Å². The van der Waals surface area contributed by atoms with Crippen molar-refractivity contribution in [2.24, 2.45) is 5.73 Å². The van der Waals surface area contributed by atoms with E-state index in [-0.39, 0.29) is 5.89 Å². The van der Waals surface area contributed by atoms with E-state index in [1.807, 2.05) is 54.6 Å². The summed E-state index contributed by atoms with van der Waals surface area (Å²) in [5.41, 5.74) is 8.32. The molecule has 0 spiro atoms. The molecule has 0 unspecified atom stereocenters. The van der Waals surface area contributed by atoms with Crippen molar-refractivity contribution in [3.8, 4) is 34.2 Å². The topological polar surface area (TPSA) is 100 Å². The summed E-state index contributed by atoms with van der Waals surface area (Å²) in [6.45, 7) is 0.469. The molecule has 2 aromatic carbocycles. The fourth-order valence-corrected chi connectivity index (χ4v) is 2.90. The lowest BCUT2D eigenvalue weighted by Gasteiger charge is -2.07. The number of hydrogen-bond donors (Lipinski definition) is 1. The predicted octanol–water partition coefficient (Wildman–Crippen LogP) is 4.09. The molecule has 2 N–H and O–H groups in total. The van der Waals surface area contributed by atoms with Gasteiger partial charge in [-0.3, -0.25) is 4.79 Å². The average Bonchev–Trinajstić information content (AvgIpc) is 3.25. The van der Waals surface area contributed by atoms with Gasteiger partial charge >= 0.3 is 5.91 Å². The number of pyridine rings is 1. The second kappa shape index (κ2) is 8.48. The zero-order valence-electron chi connectivity index (χ0n) is 16.2. The maximum atomic E-state index is 11.6. The summed E-state index contributed by atoms with van der Waals surface area (Å²) >= 11 is 0. The molecule has 2 heterocycles. The van der Waals surface area contributed by atoms with E-state index >= 15 is 0 Å². The molecule has 4 rings (SSSR count). The molecule has 0 aliphatic rings. The minimum atomic E-state index is -0.744. The fraction of sp³-hybridized carbons (Fsp3) is 0.0870. The molecule has 0 aliphatic carbocycles. The molecule has 0 fully saturated rings. The van der Waals surface area contributed by atoms with Gasteiger partial charge in [0.1, 0.15) is 18.1 Å². The number of ether oxygens (including phenoxy) is 2. The van der Waals surface area contributed by atoms with E-state index in [1.165, 1.54) is 7.11 Å². The van der Waals surface area contributed by atoms with Gasteiger partial charge in [0.15, 0.2) is 5.76 Å².